The largest absolute Gasteiger partial charge is 0.357 e. The molecule has 0 spiro atoms. The van der Waals surface area contributed by atoms with E-state index in [1.807, 2.05) is 18.2 Å². The number of aromatic nitrogens is 1. The number of piperidine rings is 1. The van der Waals surface area contributed by atoms with Gasteiger partial charge in [0.2, 0.25) is 10.0 Å². The SMILES string of the molecule is O=S(=O)(NCC1CCN(c2ccccn2)CC1)c1ccc(F)c(Cl)c1. The number of hydrogen-bond donors (Lipinski definition) is 1. The fourth-order valence-corrected chi connectivity index (χ4v) is 4.25. The van der Waals surface area contributed by atoms with E-state index < -0.39 is 15.8 Å². The molecule has 0 radical (unpaired) electrons. The Morgan fingerprint density at radius 2 is 2.00 bits per heavy atom. The summed E-state index contributed by atoms with van der Waals surface area (Å²) in [7, 11) is -3.69. The number of hydrogen-bond acceptors (Lipinski definition) is 4. The number of nitrogens with one attached hydrogen (secondary N) is 1. The Hall–Kier alpha value is -1.70. The lowest BCUT2D eigenvalue weighted by Gasteiger charge is -2.32. The number of sulfonamides is 1. The molecule has 0 bridgehead atoms. The van der Waals surface area contributed by atoms with Gasteiger partial charge in [-0.3, -0.25) is 0 Å². The van der Waals surface area contributed by atoms with Crippen LogP contribution in [0.15, 0.2) is 47.5 Å². The molecule has 1 aliphatic rings. The van der Waals surface area contributed by atoms with Crippen LogP contribution in [0.25, 0.3) is 0 Å². The molecule has 1 saturated heterocycles. The highest BCUT2D eigenvalue weighted by atomic mass is 35.5. The molecular weight excluding hydrogens is 365 g/mol. The Balaban J connectivity index is 1.55. The van der Waals surface area contributed by atoms with Crippen LogP contribution in [0.5, 0.6) is 0 Å². The van der Waals surface area contributed by atoms with Crippen molar-refractivity contribution in [3.8, 4) is 0 Å². The lowest BCUT2D eigenvalue weighted by molar-refractivity contribution is 0.400. The molecule has 1 aromatic carbocycles. The molecule has 0 saturated carbocycles. The summed E-state index contributed by atoms with van der Waals surface area (Å²) in [6.45, 7) is 2.03. The maximum Gasteiger partial charge on any atom is 0.240 e. The van der Waals surface area contributed by atoms with E-state index in [2.05, 4.69) is 14.6 Å². The maximum atomic E-state index is 13.2. The molecular formula is C17H19ClFN3O2S. The third-order valence-electron chi connectivity index (χ3n) is 4.35. The van der Waals surface area contributed by atoms with Gasteiger partial charge in [-0.2, -0.15) is 0 Å². The Labute approximate surface area is 151 Å². The molecule has 134 valence electrons. The predicted octanol–water partition coefficient (Wildman–Crippen LogP) is 3.07. The Kier molecular flexibility index (Phi) is 5.56. The molecule has 8 heteroatoms. The number of anilines is 1. The van der Waals surface area contributed by atoms with Gasteiger partial charge < -0.3 is 4.90 Å². The van der Waals surface area contributed by atoms with Crippen LogP contribution in [-0.2, 0) is 10.0 Å². The molecule has 0 amide bonds. The zero-order chi connectivity index (χ0) is 17.9. The highest BCUT2D eigenvalue weighted by molar-refractivity contribution is 7.89. The van der Waals surface area contributed by atoms with Gasteiger partial charge in [-0.15, -0.1) is 0 Å². The summed E-state index contributed by atoms with van der Waals surface area (Å²) in [5.41, 5.74) is 0. The third kappa shape index (κ3) is 4.48. The van der Waals surface area contributed by atoms with E-state index in [1.165, 1.54) is 6.07 Å². The number of nitrogens with zero attached hydrogens (tertiary/aromatic N) is 2. The van der Waals surface area contributed by atoms with Gasteiger partial charge in [0.1, 0.15) is 11.6 Å². The zero-order valence-corrected chi connectivity index (χ0v) is 15.1. The van der Waals surface area contributed by atoms with Crippen molar-refractivity contribution in [2.75, 3.05) is 24.5 Å². The fraction of sp³-hybridized carbons (Fsp3) is 0.353. The average Bonchev–Trinajstić information content (AvgIpc) is 2.63. The predicted molar refractivity (Wildman–Crippen MR) is 95.8 cm³/mol. The first-order valence-corrected chi connectivity index (χ1v) is 9.92. The fourth-order valence-electron chi connectivity index (χ4n) is 2.86. The summed E-state index contributed by atoms with van der Waals surface area (Å²) in [6.07, 6.45) is 3.52. The van der Waals surface area contributed by atoms with Gasteiger partial charge in [0.15, 0.2) is 0 Å². The van der Waals surface area contributed by atoms with Crippen LogP contribution in [0.4, 0.5) is 10.2 Å². The molecule has 1 aliphatic heterocycles. The number of rotatable bonds is 5. The van der Waals surface area contributed by atoms with Crippen molar-refractivity contribution >= 4 is 27.4 Å². The van der Waals surface area contributed by atoms with E-state index in [0.717, 1.165) is 43.9 Å². The molecule has 0 aliphatic carbocycles. The average molecular weight is 384 g/mol. The molecule has 1 fully saturated rings. The molecule has 0 unspecified atom stereocenters. The van der Waals surface area contributed by atoms with Crippen molar-refractivity contribution in [2.24, 2.45) is 5.92 Å². The van der Waals surface area contributed by atoms with Gasteiger partial charge in [0.25, 0.3) is 0 Å². The van der Waals surface area contributed by atoms with Crippen LogP contribution in [0.2, 0.25) is 5.02 Å². The van der Waals surface area contributed by atoms with Crippen LogP contribution < -0.4 is 9.62 Å². The second kappa shape index (κ2) is 7.68. The highest BCUT2D eigenvalue weighted by Crippen LogP contribution is 2.22. The van der Waals surface area contributed by atoms with Crippen LogP contribution >= 0.6 is 11.6 Å². The lowest BCUT2D eigenvalue weighted by atomic mass is 9.97. The smallest absolute Gasteiger partial charge is 0.240 e. The summed E-state index contributed by atoms with van der Waals surface area (Å²) in [5.74, 6) is 0.565. The van der Waals surface area contributed by atoms with E-state index in [9.17, 15) is 12.8 Å². The number of pyridine rings is 1. The Bertz CT molecular complexity index is 825. The highest BCUT2D eigenvalue weighted by Gasteiger charge is 2.23. The summed E-state index contributed by atoms with van der Waals surface area (Å²) >= 11 is 5.66. The molecule has 25 heavy (non-hydrogen) atoms. The van der Waals surface area contributed by atoms with E-state index >= 15 is 0 Å². The molecule has 0 atom stereocenters. The summed E-state index contributed by atoms with van der Waals surface area (Å²) in [5, 5.41) is -0.202. The van der Waals surface area contributed by atoms with Crippen molar-refractivity contribution in [1.29, 1.82) is 0 Å². The van der Waals surface area contributed by atoms with Crippen LogP contribution in [0.3, 0.4) is 0 Å². The summed E-state index contributed by atoms with van der Waals surface area (Å²) < 4.78 is 40.4. The van der Waals surface area contributed by atoms with E-state index in [1.54, 1.807) is 6.20 Å². The Morgan fingerprint density at radius 1 is 1.24 bits per heavy atom. The normalized spacial score (nSPS) is 16.2. The molecule has 3 rings (SSSR count). The van der Waals surface area contributed by atoms with Crippen molar-refractivity contribution < 1.29 is 12.8 Å². The molecule has 1 aromatic heterocycles. The second-order valence-electron chi connectivity index (χ2n) is 6.05. The maximum absolute atomic E-state index is 13.2. The minimum absolute atomic E-state index is 0.0233. The van der Waals surface area contributed by atoms with Crippen molar-refractivity contribution in [3.63, 3.8) is 0 Å². The first-order valence-electron chi connectivity index (χ1n) is 8.06. The number of halogens is 2. The van der Waals surface area contributed by atoms with Gasteiger partial charge >= 0.3 is 0 Å². The Morgan fingerprint density at radius 3 is 2.64 bits per heavy atom. The standard InChI is InChI=1S/C17H19ClFN3O2S/c18-15-11-14(4-5-16(15)19)25(23,24)21-12-13-6-9-22(10-7-13)17-3-1-2-8-20-17/h1-5,8,11,13,21H,6-7,9-10,12H2. The molecule has 5 nitrogen and oxygen atoms in total. The first kappa shape index (κ1) is 18.1. The molecule has 1 N–H and O–H groups in total. The topological polar surface area (TPSA) is 62.3 Å². The van der Waals surface area contributed by atoms with E-state index in [-0.39, 0.29) is 15.8 Å². The molecule has 2 heterocycles. The third-order valence-corrected chi connectivity index (χ3v) is 6.06. The van der Waals surface area contributed by atoms with E-state index in [0.29, 0.717) is 6.54 Å². The first-order chi connectivity index (χ1) is 12.0. The van der Waals surface area contributed by atoms with Crippen molar-refractivity contribution in [3.05, 3.63) is 53.4 Å². The van der Waals surface area contributed by atoms with Crippen molar-refractivity contribution in [1.82, 2.24) is 9.71 Å². The second-order valence-corrected chi connectivity index (χ2v) is 8.22. The minimum atomic E-state index is -3.69. The van der Waals surface area contributed by atoms with Gasteiger partial charge in [-0.05, 0) is 49.1 Å². The summed E-state index contributed by atoms with van der Waals surface area (Å²) in [6, 6.07) is 9.21. The zero-order valence-electron chi connectivity index (χ0n) is 13.5. The van der Waals surface area contributed by atoms with Crippen LogP contribution in [0.1, 0.15) is 12.8 Å². The van der Waals surface area contributed by atoms with Crippen LogP contribution in [0, 0.1) is 11.7 Å². The van der Waals surface area contributed by atoms with E-state index in [4.69, 9.17) is 11.6 Å². The van der Waals surface area contributed by atoms with Crippen molar-refractivity contribution in [2.45, 2.75) is 17.7 Å². The number of benzene rings is 1. The lowest BCUT2D eigenvalue weighted by Crippen LogP contribution is -2.39. The quantitative estimate of drug-likeness (QED) is 0.861. The van der Waals surface area contributed by atoms with Gasteiger partial charge in [0, 0.05) is 25.8 Å². The van der Waals surface area contributed by atoms with Crippen LogP contribution in [-0.4, -0.2) is 33.0 Å². The summed E-state index contributed by atoms with van der Waals surface area (Å²) in [4.78, 5) is 6.51. The van der Waals surface area contributed by atoms with Gasteiger partial charge in [-0.1, -0.05) is 17.7 Å². The monoisotopic (exact) mass is 383 g/mol. The van der Waals surface area contributed by atoms with Gasteiger partial charge in [-0.25, -0.2) is 22.5 Å². The van der Waals surface area contributed by atoms with Gasteiger partial charge in [0.05, 0.1) is 9.92 Å². The molecule has 2 aromatic rings. The minimum Gasteiger partial charge on any atom is -0.357 e.